The van der Waals surface area contributed by atoms with Crippen LogP contribution in [-0.2, 0) is 11.2 Å². The van der Waals surface area contributed by atoms with E-state index in [1.165, 1.54) is 12.8 Å². The molecule has 1 N–H and O–H groups in total. The number of benzene rings is 2. The molecule has 0 bridgehead atoms. The summed E-state index contributed by atoms with van der Waals surface area (Å²) in [6.07, 6.45) is 6.08. The lowest BCUT2D eigenvalue weighted by molar-refractivity contribution is -0.113. The number of anilines is 1. The van der Waals surface area contributed by atoms with Gasteiger partial charge in [-0.3, -0.25) is 9.69 Å². The number of carbonyl (C=O) groups excluding carboxylic acids is 1. The molecular weight excluding hydrogens is 368 g/mol. The highest BCUT2D eigenvalue weighted by molar-refractivity contribution is 7.80. The molecular formula is C23H26N2O2S. The molecule has 4 nitrogen and oxygen atoms in total. The van der Waals surface area contributed by atoms with Crippen molar-refractivity contribution in [3.05, 3.63) is 65.4 Å². The van der Waals surface area contributed by atoms with Crippen LogP contribution in [0.15, 0.2) is 54.2 Å². The van der Waals surface area contributed by atoms with Crippen molar-refractivity contribution in [3.8, 4) is 5.75 Å². The van der Waals surface area contributed by atoms with Gasteiger partial charge in [-0.05, 0) is 60.5 Å². The van der Waals surface area contributed by atoms with Crippen LogP contribution in [0.4, 0.5) is 5.69 Å². The summed E-state index contributed by atoms with van der Waals surface area (Å²) in [5, 5.41) is 3.46. The van der Waals surface area contributed by atoms with E-state index in [0.717, 1.165) is 42.0 Å². The second-order valence-corrected chi connectivity index (χ2v) is 7.12. The van der Waals surface area contributed by atoms with E-state index in [-0.39, 0.29) is 5.91 Å². The molecule has 1 aliphatic rings. The molecule has 1 aliphatic heterocycles. The summed E-state index contributed by atoms with van der Waals surface area (Å²) in [4.78, 5) is 14.5. The maximum absolute atomic E-state index is 12.9. The zero-order chi connectivity index (χ0) is 19.9. The van der Waals surface area contributed by atoms with Crippen molar-refractivity contribution in [3.63, 3.8) is 0 Å². The summed E-state index contributed by atoms with van der Waals surface area (Å²) in [6, 6.07) is 15.6. The van der Waals surface area contributed by atoms with E-state index in [0.29, 0.717) is 10.8 Å². The van der Waals surface area contributed by atoms with Crippen LogP contribution in [0, 0.1) is 0 Å². The molecule has 2 aromatic rings. The van der Waals surface area contributed by atoms with Crippen molar-refractivity contribution in [1.29, 1.82) is 0 Å². The Morgan fingerprint density at radius 2 is 1.82 bits per heavy atom. The number of rotatable bonds is 8. The predicted octanol–water partition coefficient (Wildman–Crippen LogP) is 5.08. The number of amides is 1. The number of aryl methyl sites for hydroxylation is 1. The van der Waals surface area contributed by atoms with Gasteiger partial charge in [-0.15, -0.1) is 0 Å². The number of carbonyl (C=O) groups is 1. The van der Waals surface area contributed by atoms with Crippen molar-refractivity contribution in [1.82, 2.24) is 5.32 Å². The van der Waals surface area contributed by atoms with Gasteiger partial charge in [0.15, 0.2) is 5.11 Å². The van der Waals surface area contributed by atoms with Crippen LogP contribution in [0.25, 0.3) is 6.08 Å². The maximum atomic E-state index is 12.9. The summed E-state index contributed by atoms with van der Waals surface area (Å²) in [5.74, 6) is 0.712. The normalized spacial score (nSPS) is 15.2. The largest absolute Gasteiger partial charge is 0.494 e. The minimum atomic E-state index is -0.134. The summed E-state index contributed by atoms with van der Waals surface area (Å²) < 4.78 is 5.74. The molecule has 1 saturated heterocycles. The first-order chi connectivity index (χ1) is 13.6. The van der Waals surface area contributed by atoms with Crippen molar-refractivity contribution in [2.75, 3.05) is 11.5 Å². The van der Waals surface area contributed by atoms with Crippen LogP contribution < -0.4 is 15.0 Å². The lowest BCUT2D eigenvalue weighted by Gasteiger charge is -2.17. The fraction of sp³-hybridized carbons (Fsp3) is 0.304. The van der Waals surface area contributed by atoms with E-state index in [4.69, 9.17) is 17.0 Å². The van der Waals surface area contributed by atoms with Crippen LogP contribution in [0.2, 0.25) is 0 Å². The summed E-state index contributed by atoms with van der Waals surface area (Å²) >= 11 is 5.42. The van der Waals surface area contributed by atoms with Gasteiger partial charge in [0.05, 0.1) is 12.3 Å². The monoisotopic (exact) mass is 394 g/mol. The first-order valence-electron chi connectivity index (χ1n) is 9.82. The fourth-order valence-electron chi connectivity index (χ4n) is 3.15. The number of unbranched alkanes of at least 4 members (excludes halogenated alkanes) is 2. The standard InChI is InChI=1S/C23H26N2O2S/c1-3-5-8-15-27-19-13-11-17(12-14-19)16-20-22(26)25(23(28)24-20)21-10-7-6-9-18(21)4-2/h6-7,9-14,16H,3-5,8,15H2,1-2H3,(H,24,28)/b20-16+. The van der Waals surface area contributed by atoms with E-state index in [1.54, 1.807) is 4.90 Å². The molecule has 0 aromatic heterocycles. The van der Waals surface area contributed by atoms with Crippen molar-refractivity contribution in [2.24, 2.45) is 0 Å². The lowest BCUT2D eigenvalue weighted by Crippen LogP contribution is -2.31. The first kappa shape index (κ1) is 20.1. The smallest absolute Gasteiger partial charge is 0.281 e. The molecule has 0 saturated carbocycles. The predicted molar refractivity (Wildman–Crippen MR) is 118 cm³/mol. The molecule has 0 unspecified atom stereocenters. The van der Waals surface area contributed by atoms with Gasteiger partial charge in [0.2, 0.25) is 0 Å². The van der Waals surface area contributed by atoms with Crippen molar-refractivity contribution < 1.29 is 9.53 Å². The van der Waals surface area contributed by atoms with Crippen LogP contribution >= 0.6 is 12.2 Å². The second kappa shape index (κ2) is 9.51. The third-order valence-corrected chi connectivity index (χ3v) is 4.98. The van der Waals surface area contributed by atoms with Gasteiger partial charge in [-0.2, -0.15) is 0 Å². The van der Waals surface area contributed by atoms with Gasteiger partial charge < -0.3 is 10.1 Å². The Labute approximate surface area is 172 Å². The van der Waals surface area contributed by atoms with Gasteiger partial charge in [0.1, 0.15) is 11.4 Å². The molecule has 146 valence electrons. The van der Waals surface area contributed by atoms with Crippen LogP contribution in [0.3, 0.4) is 0 Å². The Morgan fingerprint density at radius 3 is 2.54 bits per heavy atom. The van der Waals surface area contributed by atoms with Gasteiger partial charge in [0.25, 0.3) is 5.91 Å². The van der Waals surface area contributed by atoms with Gasteiger partial charge >= 0.3 is 0 Å². The maximum Gasteiger partial charge on any atom is 0.281 e. The summed E-state index contributed by atoms with van der Waals surface area (Å²) in [7, 11) is 0. The lowest BCUT2D eigenvalue weighted by atomic mass is 10.1. The second-order valence-electron chi connectivity index (χ2n) is 6.74. The third kappa shape index (κ3) is 4.60. The molecule has 1 amide bonds. The quantitative estimate of drug-likeness (QED) is 0.385. The average Bonchev–Trinajstić information content (AvgIpc) is 2.99. The van der Waals surface area contributed by atoms with Gasteiger partial charge in [-0.1, -0.05) is 57.0 Å². The number of nitrogens with zero attached hydrogens (tertiary/aromatic N) is 1. The Balaban J connectivity index is 1.73. The molecule has 2 aromatic carbocycles. The first-order valence-corrected chi connectivity index (χ1v) is 10.2. The molecule has 3 rings (SSSR count). The van der Waals surface area contributed by atoms with E-state index >= 15 is 0 Å². The minimum Gasteiger partial charge on any atom is -0.494 e. The zero-order valence-electron chi connectivity index (χ0n) is 16.4. The fourth-order valence-corrected chi connectivity index (χ4v) is 3.44. The minimum absolute atomic E-state index is 0.134. The number of para-hydroxylation sites is 1. The number of ether oxygens (including phenoxy) is 1. The molecule has 0 spiro atoms. The number of hydrogen-bond donors (Lipinski definition) is 1. The topological polar surface area (TPSA) is 41.6 Å². The molecule has 1 heterocycles. The van der Waals surface area contributed by atoms with E-state index < -0.39 is 0 Å². The molecule has 0 atom stereocenters. The highest BCUT2D eigenvalue weighted by Gasteiger charge is 2.32. The molecule has 0 radical (unpaired) electrons. The summed E-state index contributed by atoms with van der Waals surface area (Å²) in [6.45, 7) is 4.97. The van der Waals surface area contributed by atoms with Crippen LogP contribution in [0.1, 0.15) is 44.2 Å². The SMILES string of the molecule is CCCCCOc1ccc(/C=C2/NC(=S)N(c3ccccc3CC)C2=O)cc1. The molecule has 5 heteroatoms. The highest BCUT2D eigenvalue weighted by Crippen LogP contribution is 2.26. The Hall–Kier alpha value is -2.66. The number of thiocarbonyl (C=S) groups is 1. The van der Waals surface area contributed by atoms with E-state index in [1.807, 2.05) is 54.6 Å². The van der Waals surface area contributed by atoms with Gasteiger partial charge in [-0.25, -0.2) is 0 Å². The third-order valence-electron chi connectivity index (χ3n) is 4.70. The number of nitrogens with one attached hydrogen (secondary N) is 1. The average molecular weight is 395 g/mol. The Kier molecular flexibility index (Phi) is 6.82. The van der Waals surface area contributed by atoms with Gasteiger partial charge in [0, 0.05) is 0 Å². The Bertz CT molecular complexity index is 874. The molecule has 0 aliphatic carbocycles. The van der Waals surface area contributed by atoms with Crippen molar-refractivity contribution in [2.45, 2.75) is 39.5 Å². The van der Waals surface area contributed by atoms with E-state index in [9.17, 15) is 4.79 Å². The molecule has 28 heavy (non-hydrogen) atoms. The highest BCUT2D eigenvalue weighted by atomic mass is 32.1. The summed E-state index contributed by atoms with van der Waals surface area (Å²) in [5.41, 5.74) is 3.33. The number of hydrogen-bond acceptors (Lipinski definition) is 3. The van der Waals surface area contributed by atoms with E-state index in [2.05, 4.69) is 19.2 Å². The van der Waals surface area contributed by atoms with Crippen LogP contribution in [0.5, 0.6) is 5.75 Å². The van der Waals surface area contributed by atoms with Crippen LogP contribution in [-0.4, -0.2) is 17.6 Å². The zero-order valence-corrected chi connectivity index (χ0v) is 17.2. The Morgan fingerprint density at radius 1 is 1.07 bits per heavy atom. The molecule has 1 fully saturated rings. The van der Waals surface area contributed by atoms with Crippen molar-refractivity contribution >= 4 is 35.0 Å².